The average Bonchev–Trinajstić information content (AvgIpc) is 2.99. The van der Waals surface area contributed by atoms with Gasteiger partial charge in [0.1, 0.15) is 13.2 Å². The molecular formula is C19H18N2O3S. The minimum atomic E-state index is -0.270. The first-order valence-corrected chi connectivity index (χ1v) is 9.15. The van der Waals surface area contributed by atoms with Gasteiger partial charge in [0.25, 0.3) is 5.91 Å². The zero-order chi connectivity index (χ0) is 17.2. The Balaban J connectivity index is 1.76. The van der Waals surface area contributed by atoms with E-state index in [0.717, 1.165) is 28.0 Å². The van der Waals surface area contributed by atoms with Crippen molar-refractivity contribution in [3.8, 4) is 11.5 Å². The molecule has 1 aromatic heterocycles. The van der Waals surface area contributed by atoms with E-state index < -0.39 is 0 Å². The number of hydrogen-bond acceptors (Lipinski definition) is 4. The number of ether oxygens (including phenoxy) is 2. The van der Waals surface area contributed by atoms with Crippen LogP contribution in [0.15, 0.2) is 47.5 Å². The van der Waals surface area contributed by atoms with Crippen molar-refractivity contribution in [2.45, 2.75) is 19.9 Å². The molecular weight excluding hydrogens is 336 g/mol. The molecule has 2 heterocycles. The van der Waals surface area contributed by atoms with E-state index >= 15 is 0 Å². The minimum Gasteiger partial charge on any atom is -0.486 e. The maximum Gasteiger partial charge on any atom is 0.279 e. The summed E-state index contributed by atoms with van der Waals surface area (Å²) in [6, 6.07) is 13.3. The molecule has 3 aromatic rings. The number of amides is 1. The third-order valence-electron chi connectivity index (χ3n) is 4.02. The van der Waals surface area contributed by atoms with Crippen LogP contribution in [0.2, 0.25) is 0 Å². The molecule has 1 aliphatic heterocycles. The summed E-state index contributed by atoms with van der Waals surface area (Å²) in [6.45, 7) is 3.97. The molecule has 0 aliphatic carbocycles. The van der Waals surface area contributed by atoms with Crippen molar-refractivity contribution in [2.75, 3.05) is 13.2 Å². The molecule has 0 N–H and O–H groups in total. The minimum absolute atomic E-state index is 0.270. The second-order valence-electron chi connectivity index (χ2n) is 5.78. The van der Waals surface area contributed by atoms with Crippen LogP contribution in [0.5, 0.6) is 11.5 Å². The number of para-hydroxylation sites is 1. The number of carbonyl (C=O) groups is 1. The Labute approximate surface area is 149 Å². The van der Waals surface area contributed by atoms with Crippen molar-refractivity contribution >= 4 is 27.5 Å². The van der Waals surface area contributed by atoms with E-state index in [-0.39, 0.29) is 5.91 Å². The predicted molar refractivity (Wildman–Crippen MR) is 97.4 cm³/mol. The highest BCUT2D eigenvalue weighted by atomic mass is 32.1. The SMILES string of the molecule is CCCn1c(=NC(=O)c2ccc3c(c2)OCCO3)sc2ccccc21. The van der Waals surface area contributed by atoms with Crippen LogP contribution in [0.25, 0.3) is 10.2 Å². The lowest BCUT2D eigenvalue weighted by Crippen LogP contribution is -2.17. The van der Waals surface area contributed by atoms with Gasteiger partial charge in [-0.1, -0.05) is 30.4 Å². The standard InChI is InChI=1S/C19H18N2O3S/c1-2-9-21-14-5-3-4-6-17(14)25-19(21)20-18(22)13-7-8-15-16(12-13)24-11-10-23-15/h3-8,12H,2,9-11H2,1H3. The quantitative estimate of drug-likeness (QED) is 0.722. The zero-order valence-electron chi connectivity index (χ0n) is 13.9. The van der Waals surface area contributed by atoms with Gasteiger partial charge in [0, 0.05) is 12.1 Å². The Hall–Kier alpha value is -2.60. The van der Waals surface area contributed by atoms with E-state index in [4.69, 9.17) is 9.47 Å². The van der Waals surface area contributed by atoms with Gasteiger partial charge in [0.15, 0.2) is 16.3 Å². The topological polar surface area (TPSA) is 52.8 Å². The van der Waals surface area contributed by atoms with Gasteiger partial charge >= 0.3 is 0 Å². The fourth-order valence-corrected chi connectivity index (χ4v) is 3.93. The van der Waals surface area contributed by atoms with Crippen LogP contribution in [0.3, 0.4) is 0 Å². The normalized spacial score (nSPS) is 14.0. The van der Waals surface area contributed by atoms with Crippen LogP contribution >= 0.6 is 11.3 Å². The summed E-state index contributed by atoms with van der Waals surface area (Å²) in [4.78, 5) is 17.8. The van der Waals surface area contributed by atoms with Gasteiger partial charge in [-0.3, -0.25) is 4.79 Å². The molecule has 1 amide bonds. The summed E-state index contributed by atoms with van der Waals surface area (Å²) in [5.41, 5.74) is 1.62. The second kappa shape index (κ2) is 6.72. The molecule has 0 spiro atoms. The van der Waals surface area contributed by atoms with Crippen molar-refractivity contribution in [2.24, 2.45) is 4.99 Å². The van der Waals surface area contributed by atoms with Crippen molar-refractivity contribution < 1.29 is 14.3 Å². The fourth-order valence-electron chi connectivity index (χ4n) is 2.87. The molecule has 2 aromatic carbocycles. The van der Waals surface area contributed by atoms with E-state index in [1.54, 1.807) is 18.2 Å². The lowest BCUT2D eigenvalue weighted by molar-refractivity contribution is 0.0996. The van der Waals surface area contributed by atoms with E-state index in [9.17, 15) is 4.79 Å². The largest absolute Gasteiger partial charge is 0.486 e. The molecule has 1 aliphatic rings. The molecule has 0 bridgehead atoms. The molecule has 0 saturated heterocycles. The van der Waals surface area contributed by atoms with E-state index in [1.807, 2.05) is 12.1 Å². The number of benzene rings is 2. The molecule has 0 radical (unpaired) electrons. The fraction of sp³-hybridized carbons (Fsp3) is 0.263. The van der Waals surface area contributed by atoms with Crippen LogP contribution in [-0.4, -0.2) is 23.7 Å². The Morgan fingerprint density at radius 3 is 2.80 bits per heavy atom. The van der Waals surface area contributed by atoms with Crippen molar-refractivity contribution in [3.63, 3.8) is 0 Å². The molecule has 0 unspecified atom stereocenters. The van der Waals surface area contributed by atoms with Crippen molar-refractivity contribution in [1.29, 1.82) is 0 Å². The van der Waals surface area contributed by atoms with Crippen LogP contribution in [0.4, 0.5) is 0 Å². The van der Waals surface area contributed by atoms with Gasteiger partial charge in [0.05, 0.1) is 10.2 Å². The number of thiazole rings is 1. The zero-order valence-corrected chi connectivity index (χ0v) is 14.7. The van der Waals surface area contributed by atoms with Gasteiger partial charge < -0.3 is 14.0 Å². The van der Waals surface area contributed by atoms with Crippen LogP contribution in [0.1, 0.15) is 23.7 Å². The Kier molecular flexibility index (Phi) is 4.28. The number of fused-ring (bicyclic) bond motifs is 2. The highest BCUT2D eigenvalue weighted by Gasteiger charge is 2.15. The average molecular weight is 354 g/mol. The third kappa shape index (κ3) is 3.05. The summed E-state index contributed by atoms with van der Waals surface area (Å²) >= 11 is 1.54. The summed E-state index contributed by atoms with van der Waals surface area (Å²) in [5, 5.41) is 0. The Morgan fingerprint density at radius 1 is 1.16 bits per heavy atom. The predicted octanol–water partition coefficient (Wildman–Crippen LogP) is 3.63. The van der Waals surface area contributed by atoms with Gasteiger partial charge in [-0.25, -0.2) is 0 Å². The van der Waals surface area contributed by atoms with Crippen molar-refractivity contribution in [1.82, 2.24) is 4.57 Å². The maximum absolute atomic E-state index is 12.7. The number of aryl methyl sites for hydroxylation is 1. The number of nitrogens with zero attached hydrogens (tertiary/aromatic N) is 2. The van der Waals surface area contributed by atoms with E-state index in [0.29, 0.717) is 30.3 Å². The maximum atomic E-state index is 12.7. The van der Waals surface area contributed by atoms with Crippen molar-refractivity contribution in [3.05, 3.63) is 52.8 Å². The molecule has 0 fully saturated rings. The molecule has 5 nitrogen and oxygen atoms in total. The lowest BCUT2D eigenvalue weighted by Gasteiger charge is -2.18. The van der Waals surface area contributed by atoms with E-state index in [2.05, 4.69) is 28.6 Å². The van der Waals surface area contributed by atoms with Crippen LogP contribution in [-0.2, 0) is 6.54 Å². The number of hydrogen-bond donors (Lipinski definition) is 0. The summed E-state index contributed by atoms with van der Waals surface area (Å²) in [6.07, 6.45) is 0.978. The highest BCUT2D eigenvalue weighted by Crippen LogP contribution is 2.30. The first-order chi connectivity index (χ1) is 12.3. The second-order valence-corrected chi connectivity index (χ2v) is 6.79. The highest BCUT2D eigenvalue weighted by molar-refractivity contribution is 7.16. The van der Waals surface area contributed by atoms with Gasteiger partial charge in [0.2, 0.25) is 0 Å². The first-order valence-electron chi connectivity index (χ1n) is 8.33. The monoisotopic (exact) mass is 354 g/mol. The Bertz CT molecular complexity index is 1000. The van der Waals surface area contributed by atoms with E-state index in [1.165, 1.54) is 11.3 Å². The Morgan fingerprint density at radius 2 is 1.96 bits per heavy atom. The molecule has 6 heteroatoms. The number of aromatic nitrogens is 1. The van der Waals surface area contributed by atoms with Gasteiger partial charge in [-0.05, 0) is 36.8 Å². The number of rotatable bonds is 3. The lowest BCUT2D eigenvalue weighted by atomic mass is 10.2. The van der Waals surface area contributed by atoms with Gasteiger partial charge in [-0.2, -0.15) is 4.99 Å². The van der Waals surface area contributed by atoms with Gasteiger partial charge in [-0.15, -0.1) is 0 Å². The number of carbonyl (C=O) groups excluding carboxylic acids is 1. The summed E-state index contributed by atoms with van der Waals surface area (Å²) < 4.78 is 14.3. The molecule has 0 saturated carbocycles. The molecule has 128 valence electrons. The molecule has 0 atom stereocenters. The molecule has 25 heavy (non-hydrogen) atoms. The first kappa shape index (κ1) is 15.9. The third-order valence-corrected chi connectivity index (χ3v) is 5.08. The van der Waals surface area contributed by atoms with Crippen LogP contribution in [0, 0.1) is 0 Å². The summed E-state index contributed by atoms with van der Waals surface area (Å²) in [5.74, 6) is 1.00. The molecule has 4 rings (SSSR count). The van der Waals surface area contributed by atoms with Crippen LogP contribution < -0.4 is 14.3 Å². The smallest absolute Gasteiger partial charge is 0.279 e. The summed E-state index contributed by atoms with van der Waals surface area (Å²) in [7, 11) is 0.